The first-order valence-electron chi connectivity index (χ1n) is 16.7. The van der Waals surface area contributed by atoms with E-state index in [1.807, 2.05) is 32.0 Å². The minimum atomic E-state index is -0.539. The highest BCUT2D eigenvalue weighted by Gasteiger charge is 2.31. The molecule has 0 saturated carbocycles. The number of nitrogens with zero attached hydrogens (tertiary/aromatic N) is 2. The molecule has 0 unspecified atom stereocenters. The number of carbonyl (C=O) groups excluding carboxylic acids is 3. The van der Waals surface area contributed by atoms with E-state index in [0.717, 1.165) is 19.3 Å². The molecule has 0 saturated heterocycles. The van der Waals surface area contributed by atoms with Gasteiger partial charge in [-0.1, -0.05) is 25.1 Å². The fourth-order valence-electron chi connectivity index (χ4n) is 5.88. The third-order valence-electron chi connectivity index (χ3n) is 8.76. The smallest absolute Gasteiger partial charge is 0.323 e. The quantitative estimate of drug-likeness (QED) is 0.293. The van der Waals surface area contributed by atoms with Gasteiger partial charge in [0.1, 0.15) is 5.75 Å². The number of rotatable bonds is 7. The Balaban J connectivity index is 1.38. The molecule has 0 fully saturated rings. The number of likely N-dealkylation sites (N-methyl/N-ethyl adjacent to an activating group) is 1. The molecule has 0 aromatic heterocycles. The lowest BCUT2D eigenvalue weighted by Gasteiger charge is -2.36. The van der Waals surface area contributed by atoms with Gasteiger partial charge in [0, 0.05) is 55.7 Å². The molecule has 5 rings (SSSR count). The number of ether oxygens (including phenoxy) is 4. The van der Waals surface area contributed by atoms with E-state index >= 15 is 0 Å². The summed E-state index contributed by atoms with van der Waals surface area (Å²) in [5.41, 5.74) is 1.74. The monoisotopic (exact) mass is 674 g/mol. The van der Waals surface area contributed by atoms with Gasteiger partial charge in [-0.2, -0.15) is 0 Å². The number of anilines is 2. The van der Waals surface area contributed by atoms with E-state index in [4.69, 9.17) is 18.9 Å². The molecular weight excluding hydrogens is 628 g/mol. The molecule has 0 spiro atoms. The van der Waals surface area contributed by atoms with Crippen LogP contribution in [-0.4, -0.2) is 91.1 Å². The van der Waals surface area contributed by atoms with Crippen molar-refractivity contribution in [2.75, 3.05) is 50.8 Å². The minimum Gasteiger partial charge on any atom is -0.490 e. The van der Waals surface area contributed by atoms with Crippen LogP contribution in [0.25, 0.3) is 0 Å². The summed E-state index contributed by atoms with van der Waals surface area (Å²) in [4.78, 5) is 43.8. The molecule has 262 valence electrons. The zero-order valence-electron chi connectivity index (χ0n) is 28.5. The van der Waals surface area contributed by atoms with Crippen LogP contribution >= 0.6 is 0 Å². The predicted octanol–water partition coefficient (Wildman–Crippen LogP) is 5.63. The van der Waals surface area contributed by atoms with Gasteiger partial charge in [0.05, 0.1) is 30.4 Å². The maximum absolute atomic E-state index is 14.4. The summed E-state index contributed by atoms with van der Waals surface area (Å²) < 4.78 is 23.4. The number of benzene rings is 3. The van der Waals surface area contributed by atoms with Crippen molar-refractivity contribution in [1.29, 1.82) is 0 Å². The zero-order valence-corrected chi connectivity index (χ0v) is 28.5. The molecule has 0 bridgehead atoms. The van der Waals surface area contributed by atoms with Crippen molar-refractivity contribution in [2.24, 2.45) is 5.92 Å². The van der Waals surface area contributed by atoms with Gasteiger partial charge in [-0.3, -0.25) is 9.59 Å². The van der Waals surface area contributed by atoms with Crippen molar-refractivity contribution in [1.82, 2.24) is 9.80 Å². The van der Waals surface area contributed by atoms with Crippen LogP contribution in [0.2, 0.25) is 0 Å². The van der Waals surface area contributed by atoms with E-state index in [9.17, 15) is 19.5 Å². The SMILES string of the molecule is C[C@H](CO)N1C[C@H](C)[C@@H](CN(C)C(=O)c2ccccc2)OCCCC[C@H](C)Oc2ccc(NC(=O)Nc3ccc4c(c3)OCO4)cc2C1=O. The highest BCUT2D eigenvalue weighted by molar-refractivity contribution is 6.02. The Hall–Kier alpha value is -4.81. The second-order valence-corrected chi connectivity index (χ2v) is 12.7. The van der Waals surface area contributed by atoms with E-state index in [-0.39, 0.29) is 55.4 Å². The van der Waals surface area contributed by atoms with Crippen molar-refractivity contribution in [3.8, 4) is 17.2 Å². The number of aliphatic hydroxyl groups excluding tert-OH is 1. The molecule has 12 heteroatoms. The summed E-state index contributed by atoms with van der Waals surface area (Å²) >= 11 is 0. The molecule has 2 heterocycles. The average molecular weight is 675 g/mol. The third-order valence-corrected chi connectivity index (χ3v) is 8.76. The molecule has 2 aliphatic rings. The number of aliphatic hydroxyl groups is 1. The Labute approximate surface area is 287 Å². The highest BCUT2D eigenvalue weighted by atomic mass is 16.7. The molecule has 49 heavy (non-hydrogen) atoms. The van der Waals surface area contributed by atoms with Crippen LogP contribution in [0.4, 0.5) is 16.2 Å². The highest BCUT2D eigenvalue weighted by Crippen LogP contribution is 2.34. The summed E-state index contributed by atoms with van der Waals surface area (Å²) in [6, 6.07) is 18.1. The average Bonchev–Trinajstić information content (AvgIpc) is 3.57. The van der Waals surface area contributed by atoms with E-state index < -0.39 is 12.1 Å². The topological polar surface area (TPSA) is 139 Å². The molecule has 3 aromatic rings. The molecule has 3 N–H and O–H groups in total. The van der Waals surface area contributed by atoms with Crippen LogP contribution < -0.4 is 24.8 Å². The van der Waals surface area contributed by atoms with Gasteiger partial charge in [-0.25, -0.2) is 4.79 Å². The van der Waals surface area contributed by atoms with Gasteiger partial charge in [-0.05, 0) is 75.6 Å². The first-order valence-corrected chi connectivity index (χ1v) is 16.7. The fourth-order valence-corrected chi connectivity index (χ4v) is 5.88. The lowest BCUT2D eigenvalue weighted by atomic mass is 10.0. The molecular formula is C37H46N4O8. The zero-order chi connectivity index (χ0) is 34.9. The third kappa shape index (κ3) is 9.21. The molecule has 0 radical (unpaired) electrons. The van der Waals surface area contributed by atoms with Crippen LogP contribution in [0, 0.1) is 5.92 Å². The van der Waals surface area contributed by atoms with Crippen LogP contribution in [0.15, 0.2) is 66.7 Å². The molecule has 4 amide bonds. The van der Waals surface area contributed by atoms with Crippen molar-refractivity contribution < 1.29 is 38.4 Å². The second-order valence-electron chi connectivity index (χ2n) is 12.7. The molecule has 4 atom stereocenters. The number of hydrogen-bond donors (Lipinski definition) is 3. The van der Waals surface area contributed by atoms with Crippen molar-refractivity contribution in [3.63, 3.8) is 0 Å². The summed E-state index contributed by atoms with van der Waals surface area (Å²) in [5.74, 6) is 0.848. The van der Waals surface area contributed by atoms with Crippen LogP contribution in [0.1, 0.15) is 60.7 Å². The van der Waals surface area contributed by atoms with E-state index in [2.05, 4.69) is 10.6 Å². The molecule has 3 aromatic carbocycles. The molecule has 0 aliphatic carbocycles. The number of carbonyl (C=O) groups is 3. The van der Waals surface area contributed by atoms with Gasteiger partial charge in [0.15, 0.2) is 11.5 Å². The first-order chi connectivity index (χ1) is 23.6. The maximum Gasteiger partial charge on any atom is 0.323 e. The maximum atomic E-state index is 14.4. The van der Waals surface area contributed by atoms with Gasteiger partial charge in [0.2, 0.25) is 6.79 Å². The Morgan fingerprint density at radius 1 is 0.959 bits per heavy atom. The number of nitrogens with one attached hydrogen (secondary N) is 2. The minimum absolute atomic E-state index is 0.116. The number of urea groups is 1. The van der Waals surface area contributed by atoms with E-state index in [1.54, 1.807) is 72.3 Å². The van der Waals surface area contributed by atoms with Crippen molar-refractivity contribution >= 4 is 29.2 Å². The number of amides is 4. The lowest BCUT2D eigenvalue weighted by molar-refractivity contribution is -0.0149. The second kappa shape index (κ2) is 16.5. The lowest BCUT2D eigenvalue weighted by Crippen LogP contribution is -2.48. The van der Waals surface area contributed by atoms with Gasteiger partial charge in [0.25, 0.3) is 11.8 Å². The van der Waals surface area contributed by atoms with Gasteiger partial charge in [-0.15, -0.1) is 0 Å². The Bertz CT molecular complexity index is 1600. The van der Waals surface area contributed by atoms with Crippen LogP contribution in [-0.2, 0) is 4.74 Å². The van der Waals surface area contributed by atoms with Crippen molar-refractivity contribution in [2.45, 2.75) is 58.3 Å². The van der Waals surface area contributed by atoms with Gasteiger partial charge >= 0.3 is 6.03 Å². The normalized spacial score (nSPS) is 20.3. The largest absolute Gasteiger partial charge is 0.490 e. The molecule has 2 aliphatic heterocycles. The standard InChI is InChI=1S/C37H46N4O8/c1-24-20-41(25(2)22-42)36(44)30-18-28(38-37(45)39-29-14-16-32-33(19-29)48-23-47-32)13-15-31(30)49-26(3)10-8-9-17-46-34(24)21-40(4)35(43)27-11-6-5-7-12-27/h5-7,11-16,18-19,24-26,34,42H,8-10,17,20-23H2,1-4H3,(H2,38,39,45)/t24-,25+,26-,34+/m0/s1. The fraction of sp³-hybridized carbons (Fsp3) is 0.432. The van der Waals surface area contributed by atoms with Gasteiger partial charge < -0.3 is 44.5 Å². The van der Waals surface area contributed by atoms with Crippen LogP contribution in [0.3, 0.4) is 0 Å². The Morgan fingerprint density at radius 2 is 1.65 bits per heavy atom. The number of fused-ring (bicyclic) bond motifs is 2. The molecule has 12 nitrogen and oxygen atoms in total. The Morgan fingerprint density at radius 3 is 2.39 bits per heavy atom. The number of hydrogen-bond acceptors (Lipinski definition) is 8. The summed E-state index contributed by atoms with van der Waals surface area (Å²) in [6.07, 6.45) is 1.81. The van der Waals surface area contributed by atoms with E-state index in [0.29, 0.717) is 47.3 Å². The summed E-state index contributed by atoms with van der Waals surface area (Å²) in [7, 11) is 1.75. The summed E-state index contributed by atoms with van der Waals surface area (Å²) in [5, 5.41) is 15.8. The first kappa shape index (κ1) is 35.5. The predicted molar refractivity (Wildman–Crippen MR) is 185 cm³/mol. The van der Waals surface area contributed by atoms with E-state index in [1.165, 1.54) is 0 Å². The Kier molecular flexibility index (Phi) is 12.0. The van der Waals surface area contributed by atoms with Crippen molar-refractivity contribution in [3.05, 3.63) is 77.9 Å². The summed E-state index contributed by atoms with van der Waals surface area (Å²) in [6.45, 7) is 6.64. The van der Waals surface area contributed by atoms with Crippen LogP contribution in [0.5, 0.6) is 17.2 Å².